The Balaban J connectivity index is 1.56. The number of halogens is 1. The lowest BCUT2D eigenvalue weighted by molar-refractivity contribution is -0.119. The first-order valence-corrected chi connectivity index (χ1v) is 9.26. The highest BCUT2D eigenvalue weighted by atomic mass is 35.5. The molecule has 1 aromatic carbocycles. The van der Waals surface area contributed by atoms with E-state index in [4.69, 9.17) is 11.6 Å². The van der Waals surface area contributed by atoms with Gasteiger partial charge < -0.3 is 15.3 Å². The van der Waals surface area contributed by atoms with E-state index in [9.17, 15) is 9.90 Å². The van der Waals surface area contributed by atoms with Gasteiger partial charge in [0.15, 0.2) is 0 Å². The summed E-state index contributed by atoms with van der Waals surface area (Å²) in [6.07, 6.45) is 12.6. The molecule has 0 spiro atoms. The van der Waals surface area contributed by atoms with Gasteiger partial charge in [-0.2, -0.15) is 0 Å². The van der Waals surface area contributed by atoms with Gasteiger partial charge in [-0.1, -0.05) is 30.9 Å². The number of nitrogens with zero attached hydrogens (tertiary/aromatic N) is 1. The van der Waals surface area contributed by atoms with Crippen molar-refractivity contribution in [2.24, 2.45) is 0 Å². The van der Waals surface area contributed by atoms with Crippen LogP contribution in [0.15, 0.2) is 42.2 Å². The number of hydrogen-bond donors (Lipinski definition) is 2. The molecule has 1 aliphatic carbocycles. The Bertz CT molecular complexity index is 706. The Morgan fingerprint density at radius 1 is 1.32 bits per heavy atom. The summed E-state index contributed by atoms with van der Waals surface area (Å²) in [5.74, 6) is -0.0742. The van der Waals surface area contributed by atoms with Crippen LogP contribution in [0.5, 0.6) is 5.75 Å². The summed E-state index contributed by atoms with van der Waals surface area (Å²) in [6, 6.07) is 4.73. The molecule has 2 N–H and O–H groups in total. The Kier molecular flexibility index (Phi) is 5.38. The molecule has 4 nitrogen and oxygen atoms in total. The molecule has 1 aliphatic heterocycles. The van der Waals surface area contributed by atoms with Crippen molar-refractivity contribution < 1.29 is 9.90 Å². The van der Waals surface area contributed by atoms with Crippen LogP contribution in [0.25, 0.3) is 0 Å². The van der Waals surface area contributed by atoms with Gasteiger partial charge in [0.05, 0.1) is 6.42 Å². The first-order chi connectivity index (χ1) is 12.0. The highest BCUT2D eigenvalue weighted by molar-refractivity contribution is 6.30. The molecule has 1 heterocycles. The Morgan fingerprint density at radius 3 is 2.76 bits per heavy atom. The van der Waals surface area contributed by atoms with Crippen LogP contribution >= 0.6 is 11.6 Å². The van der Waals surface area contributed by atoms with E-state index >= 15 is 0 Å². The maximum absolute atomic E-state index is 12.2. The van der Waals surface area contributed by atoms with Crippen molar-refractivity contribution in [3.8, 4) is 5.75 Å². The summed E-state index contributed by atoms with van der Waals surface area (Å²) in [5.41, 5.74) is 1.57. The van der Waals surface area contributed by atoms with Gasteiger partial charge in [0.1, 0.15) is 5.75 Å². The fraction of sp³-hybridized carbons (Fsp3) is 0.450. The van der Waals surface area contributed by atoms with E-state index in [0.29, 0.717) is 10.6 Å². The second-order valence-electron chi connectivity index (χ2n) is 7.18. The molecule has 3 rings (SSSR count). The smallest absolute Gasteiger partial charge is 0.228 e. The van der Waals surface area contributed by atoms with Gasteiger partial charge in [0, 0.05) is 34.6 Å². The number of hydrogen-bond acceptors (Lipinski definition) is 3. The average Bonchev–Trinajstić information content (AvgIpc) is 2.59. The summed E-state index contributed by atoms with van der Waals surface area (Å²) >= 11 is 5.92. The Labute approximate surface area is 154 Å². The van der Waals surface area contributed by atoms with Crippen molar-refractivity contribution in [3.05, 3.63) is 52.8 Å². The molecule has 0 aromatic heterocycles. The molecular formula is C20H25ClN2O2. The molecular weight excluding hydrogens is 336 g/mol. The largest absolute Gasteiger partial charge is 0.508 e. The summed E-state index contributed by atoms with van der Waals surface area (Å²) in [6.45, 7) is 3.14. The number of benzene rings is 1. The number of carbonyl (C=O) groups excluding carboxylic acids is 1. The van der Waals surface area contributed by atoms with Crippen molar-refractivity contribution in [1.82, 2.24) is 10.2 Å². The second-order valence-corrected chi connectivity index (χ2v) is 7.62. The Hall–Kier alpha value is -1.94. The summed E-state index contributed by atoms with van der Waals surface area (Å²) in [7, 11) is 0. The highest BCUT2D eigenvalue weighted by Crippen LogP contribution is 2.34. The van der Waals surface area contributed by atoms with Gasteiger partial charge in [0.2, 0.25) is 5.91 Å². The Morgan fingerprint density at radius 2 is 2.08 bits per heavy atom. The number of amides is 1. The van der Waals surface area contributed by atoms with Gasteiger partial charge in [-0.05, 0) is 50.1 Å². The zero-order chi connectivity index (χ0) is 17.9. The van der Waals surface area contributed by atoms with E-state index in [-0.39, 0.29) is 23.6 Å². The van der Waals surface area contributed by atoms with E-state index in [2.05, 4.69) is 29.4 Å². The van der Waals surface area contributed by atoms with Crippen LogP contribution in [0.4, 0.5) is 0 Å². The molecule has 1 aromatic rings. The lowest BCUT2D eigenvalue weighted by atomic mass is 9.82. The summed E-state index contributed by atoms with van der Waals surface area (Å²) < 4.78 is 0. The van der Waals surface area contributed by atoms with Crippen LogP contribution in [-0.2, 0) is 11.2 Å². The van der Waals surface area contributed by atoms with E-state index in [1.807, 2.05) is 6.08 Å². The zero-order valence-corrected chi connectivity index (χ0v) is 15.4. The molecule has 5 heteroatoms. The number of rotatable bonds is 4. The summed E-state index contributed by atoms with van der Waals surface area (Å²) in [5, 5.41) is 13.2. The van der Waals surface area contributed by atoms with E-state index in [0.717, 1.165) is 12.2 Å². The maximum Gasteiger partial charge on any atom is 0.228 e. The first kappa shape index (κ1) is 17.9. The predicted molar refractivity (Wildman–Crippen MR) is 100 cm³/mol. The number of allylic oxidation sites excluding steroid dienone is 1. The number of carbonyl (C=O) groups is 1. The average molecular weight is 361 g/mol. The standard InChI is InChI=1S/C20H25ClN2O2/c1-20(9-3-2-4-10-20)23-11-7-17(8-12-23)22-19(25)14-15-13-16(21)5-6-18(15)24/h5-8,11,13,24H,2-4,9-10,12,14H2,1H3,(H,22,25). The predicted octanol–water partition coefficient (Wildman–Crippen LogP) is 4.14. The van der Waals surface area contributed by atoms with E-state index in [1.54, 1.807) is 12.1 Å². The van der Waals surface area contributed by atoms with Crippen molar-refractivity contribution in [1.29, 1.82) is 0 Å². The third kappa shape index (κ3) is 4.37. The quantitative estimate of drug-likeness (QED) is 0.848. The topological polar surface area (TPSA) is 52.6 Å². The van der Waals surface area contributed by atoms with Gasteiger partial charge in [0.25, 0.3) is 0 Å². The minimum absolute atomic E-state index is 0.0871. The van der Waals surface area contributed by atoms with Crippen LogP contribution in [0.1, 0.15) is 44.6 Å². The zero-order valence-electron chi connectivity index (χ0n) is 14.6. The molecule has 1 fully saturated rings. The number of phenolic OH excluding ortho intramolecular Hbond substituents is 1. The fourth-order valence-electron chi connectivity index (χ4n) is 3.66. The van der Waals surface area contributed by atoms with Crippen LogP contribution in [0, 0.1) is 0 Å². The monoisotopic (exact) mass is 360 g/mol. The molecule has 0 unspecified atom stereocenters. The third-order valence-electron chi connectivity index (χ3n) is 5.24. The third-order valence-corrected chi connectivity index (χ3v) is 5.48. The van der Waals surface area contributed by atoms with E-state index < -0.39 is 0 Å². The number of aromatic hydroxyl groups is 1. The van der Waals surface area contributed by atoms with Gasteiger partial charge in [-0.25, -0.2) is 0 Å². The molecule has 1 amide bonds. The SMILES string of the molecule is CC1(N2C=CC(NC(=O)Cc3cc(Cl)ccc3O)=CC2)CCCCC1. The van der Waals surface area contributed by atoms with Gasteiger partial charge in [-0.3, -0.25) is 4.79 Å². The second kappa shape index (κ2) is 7.52. The maximum atomic E-state index is 12.2. The van der Waals surface area contributed by atoms with E-state index in [1.165, 1.54) is 38.2 Å². The van der Waals surface area contributed by atoms with Gasteiger partial charge >= 0.3 is 0 Å². The lowest BCUT2D eigenvalue weighted by Gasteiger charge is -2.44. The number of nitrogens with one attached hydrogen (secondary N) is 1. The molecule has 134 valence electrons. The highest BCUT2D eigenvalue weighted by Gasteiger charge is 2.31. The molecule has 25 heavy (non-hydrogen) atoms. The van der Waals surface area contributed by atoms with Crippen molar-refractivity contribution in [3.63, 3.8) is 0 Å². The number of phenols is 1. The fourth-order valence-corrected chi connectivity index (χ4v) is 3.86. The van der Waals surface area contributed by atoms with Crippen LogP contribution in [0.3, 0.4) is 0 Å². The molecule has 0 saturated heterocycles. The molecule has 0 bridgehead atoms. The minimum atomic E-state index is -0.161. The first-order valence-electron chi connectivity index (χ1n) is 8.89. The van der Waals surface area contributed by atoms with Crippen LogP contribution in [-0.4, -0.2) is 28.0 Å². The lowest BCUT2D eigenvalue weighted by Crippen LogP contribution is -2.45. The van der Waals surface area contributed by atoms with Crippen LogP contribution < -0.4 is 5.32 Å². The van der Waals surface area contributed by atoms with Gasteiger partial charge in [-0.15, -0.1) is 0 Å². The van der Waals surface area contributed by atoms with Crippen LogP contribution in [0.2, 0.25) is 5.02 Å². The van der Waals surface area contributed by atoms with Crippen molar-refractivity contribution >= 4 is 17.5 Å². The molecule has 0 radical (unpaired) electrons. The van der Waals surface area contributed by atoms with Crippen molar-refractivity contribution in [2.45, 2.75) is 51.0 Å². The molecule has 1 saturated carbocycles. The minimum Gasteiger partial charge on any atom is -0.508 e. The van der Waals surface area contributed by atoms with Crippen molar-refractivity contribution in [2.75, 3.05) is 6.54 Å². The molecule has 0 atom stereocenters. The normalized spacial score (nSPS) is 19.4. The molecule has 2 aliphatic rings. The summed E-state index contributed by atoms with van der Waals surface area (Å²) in [4.78, 5) is 14.6.